The maximum Gasteiger partial charge on any atom is 0.192 e. The van der Waals surface area contributed by atoms with Gasteiger partial charge in [0, 0.05) is 5.25 Å². The summed E-state index contributed by atoms with van der Waals surface area (Å²) in [7, 11) is 0. The smallest absolute Gasteiger partial charge is 0.192 e. The molecule has 1 aliphatic rings. The quantitative estimate of drug-likeness (QED) is 0.628. The molecular weight excluding hydrogens is 180 g/mol. The van der Waals surface area contributed by atoms with Crippen LogP contribution in [0.5, 0.6) is 0 Å². The van der Waals surface area contributed by atoms with Crippen LogP contribution in [0.15, 0.2) is 34.0 Å². The molecule has 0 saturated heterocycles. The molecule has 2 rings (SSSR count). The van der Waals surface area contributed by atoms with Crippen molar-refractivity contribution in [3.05, 3.63) is 40.1 Å². The van der Waals surface area contributed by atoms with E-state index < -0.39 is 0 Å². The predicted molar refractivity (Wildman–Crippen MR) is 56.4 cm³/mol. The van der Waals surface area contributed by atoms with Gasteiger partial charge in [-0.05, 0) is 17.5 Å². The number of hydrogen-bond donors (Lipinski definition) is 0. The zero-order valence-electron chi connectivity index (χ0n) is 7.78. The third-order valence-electron chi connectivity index (χ3n) is 2.62. The first-order valence-corrected chi connectivity index (χ1v) is 5.38. The van der Waals surface area contributed by atoms with E-state index in [0.29, 0.717) is 11.2 Å². The minimum absolute atomic E-state index is 0.168. The number of hydrogen-bond acceptors (Lipinski definition) is 2. The molecule has 2 heteroatoms. The minimum Gasteiger partial charge on any atom is -0.289 e. The SMILES string of the molecule is C[C@@H]1Sc2c(ccccc2=O)[C@@H]1C. The van der Waals surface area contributed by atoms with E-state index in [0.717, 1.165) is 4.90 Å². The molecule has 0 saturated carbocycles. The normalized spacial score (nSPS) is 25.7. The molecule has 0 aliphatic carbocycles. The van der Waals surface area contributed by atoms with Crippen LogP contribution >= 0.6 is 11.8 Å². The molecule has 1 aromatic rings. The van der Waals surface area contributed by atoms with Gasteiger partial charge < -0.3 is 0 Å². The van der Waals surface area contributed by atoms with E-state index in [-0.39, 0.29) is 5.43 Å². The summed E-state index contributed by atoms with van der Waals surface area (Å²) >= 11 is 1.71. The third-order valence-corrected chi connectivity index (χ3v) is 4.07. The van der Waals surface area contributed by atoms with E-state index in [2.05, 4.69) is 19.9 Å². The summed E-state index contributed by atoms with van der Waals surface area (Å²) in [4.78, 5) is 12.5. The number of fused-ring (bicyclic) bond motifs is 1. The molecule has 0 spiro atoms. The van der Waals surface area contributed by atoms with Gasteiger partial charge in [-0.3, -0.25) is 4.79 Å². The molecule has 0 radical (unpaired) electrons. The van der Waals surface area contributed by atoms with Crippen molar-refractivity contribution in [2.75, 3.05) is 0 Å². The molecule has 1 heterocycles. The van der Waals surface area contributed by atoms with Crippen LogP contribution in [-0.2, 0) is 0 Å². The molecule has 1 nitrogen and oxygen atoms in total. The largest absolute Gasteiger partial charge is 0.289 e. The van der Waals surface area contributed by atoms with E-state index in [1.54, 1.807) is 17.8 Å². The predicted octanol–water partition coefficient (Wildman–Crippen LogP) is 2.64. The van der Waals surface area contributed by atoms with E-state index in [9.17, 15) is 4.79 Å². The molecule has 0 amide bonds. The fourth-order valence-corrected chi connectivity index (χ4v) is 2.92. The molecule has 0 aromatic heterocycles. The Balaban J connectivity index is 2.67. The summed E-state index contributed by atoms with van der Waals surface area (Å²) in [6, 6.07) is 7.49. The van der Waals surface area contributed by atoms with Crippen LogP contribution in [0.25, 0.3) is 0 Å². The Morgan fingerprint density at radius 3 is 2.69 bits per heavy atom. The van der Waals surface area contributed by atoms with Crippen LogP contribution in [-0.4, -0.2) is 5.25 Å². The molecule has 13 heavy (non-hydrogen) atoms. The summed E-state index contributed by atoms with van der Waals surface area (Å²) in [5, 5.41) is 0.532. The van der Waals surface area contributed by atoms with Gasteiger partial charge in [0.2, 0.25) is 0 Å². The summed E-state index contributed by atoms with van der Waals surface area (Å²) in [5.74, 6) is 0.500. The lowest BCUT2D eigenvalue weighted by atomic mass is 10.0. The van der Waals surface area contributed by atoms with E-state index >= 15 is 0 Å². The van der Waals surface area contributed by atoms with Gasteiger partial charge in [0.1, 0.15) is 0 Å². The molecular formula is C11H12OS. The van der Waals surface area contributed by atoms with Crippen LogP contribution in [0.1, 0.15) is 25.3 Å². The summed E-state index contributed by atoms with van der Waals surface area (Å²) < 4.78 is 0. The highest BCUT2D eigenvalue weighted by Crippen LogP contribution is 2.42. The minimum atomic E-state index is 0.168. The zero-order valence-corrected chi connectivity index (χ0v) is 8.60. The average Bonchev–Trinajstić information content (AvgIpc) is 2.30. The lowest BCUT2D eigenvalue weighted by Crippen LogP contribution is -1.99. The Morgan fingerprint density at radius 1 is 1.23 bits per heavy atom. The second-order valence-electron chi connectivity index (χ2n) is 3.48. The van der Waals surface area contributed by atoms with Gasteiger partial charge >= 0.3 is 0 Å². The number of rotatable bonds is 0. The van der Waals surface area contributed by atoms with Crippen molar-refractivity contribution < 1.29 is 0 Å². The van der Waals surface area contributed by atoms with E-state index in [4.69, 9.17) is 0 Å². The van der Waals surface area contributed by atoms with Crippen molar-refractivity contribution in [1.29, 1.82) is 0 Å². The summed E-state index contributed by atoms with van der Waals surface area (Å²) in [6.07, 6.45) is 0. The van der Waals surface area contributed by atoms with Gasteiger partial charge in [0.15, 0.2) is 5.43 Å². The van der Waals surface area contributed by atoms with Gasteiger partial charge in [0.05, 0.1) is 4.90 Å². The van der Waals surface area contributed by atoms with Gasteiger partial charge in [-0.25, -0.2) is 0 Å². The first-order valence-electron chi connectivity index (χ1n) is 4.50. The molecule has 1 aromatic carbocycles. The molecule has 1 aliphatic heterocycles. The first-order chi connectivity index (χ1) is 6.20. The Bertz CT molecular complexity index is 386. The molecule has 68 valence electrons. The fraction of sp³-hybridized carbons (Fsp3) is 0.364. The molecule has 0 unspecified atom stereocenters. The van der Waals surface area contributed by atoms with E-state index in [1.807, 2.05) is 12.1 Å². The van der Waals surface area contributed by atoms with Crippen molar-refractivity contribution in [3.63, 3.8) is 0 Å². The Labute approximate surface area is 82.2 Å². The van der Waals surface area contributed by atoms with Crippen LogP contribution in [0.3, 0.4) is 0 Å². The molecule has 2 atom stereocenters. The Morgan fingerprint density at radius 2 is 1.92 bits per heavy atom. The van der Waals surface area contributed by atoms with Crippen LogP contribution in [0.4, 0.5) is 0 Å². The lowest BCUT2D eigenvalue weighted by molar-refractivity contribution is 0.762. The average molecular weight is 192 g/mol. The summed E-state index contributed by atoms with van der Waals surface area (Å²) in [5.41, 5.74) is 1.38. The van der Waals surface area contributed by atoms with Crippen molar-refractivity contribution >= 4 is 11.8 Å². The number of thioether (sulfide) groups is 1. The maximum atomic E-state index is 11.6. The first kappa shape index (κ1) is 8.82. The fourth-order valence-electron chi connectivity index (χ4n) is 1.62. The standard InChI is InChI=1S/C11H12OS/c1-7-8(2)13-11-9(7)5-3-4-6-10(11)12/h3-8H,1-2H3/t7-,8+/m1/s1. The Kier molecular flexibility index (Phi) is 2.16. The highest BCUT2D eigenvalue weighted by atomic mass is 32.2. The van der Waals surface area contributed by atoms with Crippen molar-refractivity contribution in [1.82, 2.24) is 0 Å². The van der Waals surface area contributed by atoms with Gasteiger partial charge in [-0.2, -0.15) is 0 Å². The Hall–Kier alpha value is -0.760. The monoisotopic (exact) mass is 192 g/mol. The lowest BCUT2D eigenvalue weighted by Gasteiger charge is -2.06. The highest BCUT2D eigenvalue weighted by Gasteiger charge is 2.27. The second-order valence-corrected chi connectivity index (χ2v) is 4.87. The maximum absolute atomic E-state index is 11.6. The van der Waals surface area contributed by atoms with E-state index in [1.165, 1.54) is 5.56 Å². The topological polar surface area (TPSA) is 17.1 Å². The van der Waals surface area contributed by atoms with Gasteiger partial charge in [-0.15, -0.1) is 11.8 Å². The van der Waals surface area contributed by atoms with Gasteiger partial charge in [0.25, 0.3) is 0 Å². The molecule has 0 fully saturated rings. The van der Waals surface area contributed by atoms with Gasteiger partial charge in [-0.1, -0.05) is 32.0 Å². The summed E-state index contributed by atoms with van der Waals surface area (Å²) in [6.45, 7) is 4.36. The van der Waals surface area contributed by atoms with Crippen molar-refractivity contribution in [3.8, 4) is 0 Å². The van der Waals surface area contributed by atoms with Crippen LogP contribution in [0.2, 0.25) is 0 Å². The third kappa shape index (κ3) is 1.39. The van der Waals surface area contributed by atoms with Crippen LogP contribution < -0.4 is 5.43 Å². The molecule has 0 bridgehead atoms. The van der Waals surface area contributed by atoms with Crippen LogP contribution in [0, 0.1) is 0 Å². The van der Waals surface area contributed by atoms with Crippen molar-refractivity contribution in [2.24, 2.45) is 0 Å². The highest BCUT2D eigenvalue weighted by molar-refractivity contribution is 8.00. The van der Waals surface area contributed by atoms with Crippen molar-refractivity contribution in [2.45, 2.75) is 29.9 Å². The molecule has 0 N–H and O–H groups in total. The zero-order chi connectivity index (χ0) is 9.42. The second kappa shape index (κ2) is 3.18.